The second kappa shape index (κ2) is 7.91. The molecule has 1 rings (SSSR count). The molecule has 4 N–H and O–H groups in total. The predicted octanol–water partition coefficient (Wildman–Crippen LogP) is 1.60. The SMILES string of the molecule is Cc1cnc(NN)nc1NCCCCN(C)C(C)C. The Hall–Kier alpha value is -1.40. The van der Waals surface area contributed by atoms with Crippen molar-refractivity contribution in [1.29, 1.82) is 0 Å². The zero-order valence-corrected chi connectivity index (χ0v) is 12.4. The van der Waals surface area contributed by atoms with Gasteiger partial charge in [-0.05, 0) is 47.2 Å². The molecule has 0 radical (unpaired) electrons. The highest BCUT2D eigenvalue weighted by atomic mass is 15.3. The van der Waals surface area contributed by atoms with Crippen molar-refractivity contribution in [3.8, 4) is 0 Å². The summed E-state index contributed by atoms with van der Waals surface area (Å²) < 4.78 is 0. The van der Waals surface area contributed by atoms with Crippen LogP contribution in [0.25, 0.3) is 0 Å². The normalized spacial score (nSPS) is 11.1. The van der Waals surface area contributed by atoms with Gasteiger partial charge in [0.15, 0.2) is 0 Å². The smallest absolute Gasteiger partial charge is 0.239 e. The van der Waals surface area contributed by atoms with Crippen molar-refractivity contribution < 1.29 is 0 Å². The van der Waals surface area contributed by atoms with Crippen molar-refractivity contribution in [3.05, 3.63) is 11.8 Å². The second-order valence-corrected chi connectivity index (χ2v) is 5.08. The van der Waals surface area contributed by atoms with Crippen LogP contribution in [-0.2, 0) is 0 Å². The van der Waals surface area contributed by atoms with Gasteiger partial charge in [-0.25, -0.2) is 10.8 Å². The van der Waals surface area contributed by atoms with Crippen LogP contribution in [0.4, 0.5) is 11.8 Å². The van der Waals surface area contributed by atoms with E-state index in [0.717, 1.165) is 30.9 Å². The molecule has 1 aromatic heterocycles. The number of nitrogens with two attached hydrogens (primary N) is 1. The van der Waals surface area contributed by atoms with Crippen molar-refractivity contribution in [2.45, 2.75) is 39.7 Å². The van der Waals surface area contributed by atoms with Crippen molar-refractivity contribution in [1.82, 2.24) is 14.9 Å². The minimum Gasteiger partial charge on any atom is -0.370 e. The molecular formula is C13H26N6. The lowest BCUT2D eigenvalue weighted by Gasteiger charge is -2.20. The standard InChI is InChI=1S/C13H26N6/c1-10(2)19(4)8-6-5-7-15-12-11(3)9-16-13(17-12)18-14/h9-10H,5-8,14H2,1-4H3,(H2,15,16,17,18). The minimum atomic E-state index is 0.438. The van der Waals surface area contributed by atoms with Crippen molar-refractivity contribution in [2.24, 2.45) is 5.84 Å². The summed E-state index contributed by atoms with van der Waals surface area (Å²) in [6.07, 6.45) is 4.05. The first-order valence-corrected chi connectivity index (χ1v) is 6.79. The van der Waals surface area contributed by atoms with Gasteiger partial charge in [0.25, 0.3) is 0 Å². The summed E-state index contributed by atoms with van der Waals surface area (Å²) in [5.74, 6) is 6.58. The molecule has 0 saturated heterocycles. The number of aryl methyl sites for hydroxylation is 1. The second-order valence-electron chi connectivity index (χ2n) is 5.08. The van der Waals surface area contributed by atoms with E-state index in [4.69, 9.17) is 5.84 Å². The third kappa shape index (κ3) is 5.40. The van der Waals surface area contributed by atoms with Crippen LogP contribution >= 0.6 is 0 Å². The van der Waals surface area contributed by atoms with Gasteiger partial charge in [-0.1, -0.05) is 0 Å². The highest BCUT2D eigenvalue weighted by Crippen LogP contribution is 2.11. The topological polar surface area (TPSA) is 79.1 Å². The molecule has 108 valence electrons. The molecule has 0 aliphatic rings. The Morgan fingerprint density at radius 1 is 1.37 bits per heavy atom. The Bertz CT molecular complexity index is 379. The first-order chi connectivity index (χ1) is 9.04. The quantitative estimate of drug-likeness (QED) is 0.377. The van der Waals surface area contributed by atoms with Gasteiger partial charge in [0.05, 0.1) is 0 Å². The molecule has 0 unspecified atom stereocenters. The van der Waals surface area contributed by atoms with Crippen molar-refractivity contribution >= 4 is 11.8 Å². The van der Waals surface area contributed by atoms with Gasteiger partial charge in [-0.3, -0.25) is 5.43 Å². The number of rotatable bonds is 8. The van der Waals surface area contributed by atoms with Crippen LogP contribution in [0.15, 0.2) is 6.20 Å². The zero-order chi connectivity index (χ0) is 14.3. The summed E-state index contributed by atoms with van der Waals surface area (Å²) in [4.78, 5) is 10.7. The summed E-state index contributed by atoms with van der Waals surface area (Å²) in [5.41, 5.74) is 3.48. The third-order valence-corrected chi connectivity index (χ3v) is 3.21. The maximum absolute atomic E-state index is 5.30. The number of hydrogen-bond donors (Lipinski definition) is 3. The molecule has 0 atom stereocenters. The molecule has 19 heavy (non-hydrogen) atoms. The van der Waals surface area contributed by atoms with E-state index in [1.165, 1.54) is 6.42 Å². The molecule has 0 aliphatic carbocycles. The van der Waals surface area contributed by atoms with Crippen molar-refractivity contribution in [2.75, 3.05) is 30.9 Å². The van der Waals surface area contributed by atoms with E-state index >= 15 is 0 Å². The highest BCUT2D eigenvalue weighted by molar-refractivity contribution is 5.45. The van der Waals surface area contributed by atoms with Crippen LogP contribution in [0.5, 0.6) is 0 Å². The van der Waals surface area contributed by atoms with E-state index in [-0.39, 0.29) is 0 Å². The van der Waals surface area contributed by atoms with Crippen LogP contribution in [0.3, 0.4) is 0 Å². The summed E-state index contributed by atoms with van der Waals surface area (Å²) >= 11 is 0. The molecule has 1 aromatic rings. The molecule has 0 aromatic carbocycles. The van der Waals surface area contributed by atoms with Crippen molar-refractivity contribution in [3.63, 3.8) is 0 Å². The van der Waals surface area contributed by atoms with Gasteiger partial charge in [0, 0.05) is 24.3 Å². The minimum absolute atomic E-state index is 0.438. The summed E-state index contributed by atoms with van der Waals surface area (Å²) in [7, 11) is 2.16. The lowest BCUT2D eigenvalue weighted by Crippen LogP contribution is -2.27. The number of hydrogen-bond acceptors (Lipinski definition) is 6. The van der Waals surface area contributed by atoms with Gasteiger partial charge in [0.2, 0.25) is 5.95 Å². The molecule has 1 heterocycles. The number of nitrogen functional groups attached to an aromatic ring is 1. The van der Waals surface area contributed by atoms with Crippen LogP contribution in [0, 0.1) is 6.92 Å². The molecule has 0 bridgehead atoms. The number of unbranched alkanes of at least 4 members (excludes halogenated alkanes) is 1. The van der Waals surface area contributed by atoms with Crippen LogP contribution in [0.1, 0.15) is 32.3 Å². The van der Waals surface area contributed by atoms with Crippen LogP contribution in [-0.4, -0.2) is 41.0 Å². The first kappa shape index (κ1) is 15.7. The Kier molecular flexibility index (Phi) is 6.52. The number of nitrogens with one attached hydrogen (secondary N) is 2. The molecular weight excluding hydrogens is 240 g/mol. The fourth-order valence-electron chi connectivity index (χ4n) is 1.64. The van der Waals surface area contributed by atoms with Crippen LogP contribution in [0.2, 0.25) is 0 Å². The average Bonchev–Trinajstić information content (AvgIpc) is 2.39. The molecule has 0 amide bonds. The van der Waals surface area contributed by atoms with E-state index in [9.17, 15) is 0 Å². The highest BCUT2D eigenvalue weighted by Gasteiger charge is 2.04. The lowest BCUT2D eigenvalue weighted by molar-refractivity contribution is 0.269. The average molecular weight is 266 g/mol. The van der Waals surface area contributed by atoms with Crippen LogP contribution < -0.4 is 16.6 Å². The fourth-order valence-corrected chi connectivity index (χ4v) is 1.64. The predicted molar refractivity (Wildman–Crippen MR) is 80.1 cm³/mol. The summed E-state index contributed by atoms with van der Waals surface area (Å²) in [6, 6.07) is 0.607. The number of nitrogens with zero attached hydrogens (tertiary/aromatic N) is 3. The zero-order valence-electron chi connectivity index (χ0n) is 12.4. The number of anilines is 2. The number of aromatic nitrogens is 2. The fraction of sp³-hybridized carbons (Fsp3) is 0.692. The Morgan fingerprint density at radius 3 is 2.74 bits per heavy atom. The Labute approximate surface area is 115 Å². The number of hydrazine groups is 1. The first-order valence-electron chi connectivity index (χ1n) is 6.79. The molecule has 0 aliphatic heterocycles. The van der Waals surface area contributed by atoms with Gasteiger partial charge in [-0.15, -0.1) is 0 Å². The van der Waals surface area contributed by atoms with E-state index in [0.29, 0.717) is 12.0 Å². The van der Waals surface area contributed by atoms with E-state index in [1.54, 1.807) is 6.20 Å². The van der Waals surface area contributed by atoms with Gasteiger partial charge in [0.1, 0.15) is 5.82 Å². The lowest BCUT2D eigenvalue weighted by atomic mass is 10.2. The largest absolute Gasteiger partial charge is 0.370 e. The molecule has 0 fully saturated rings. The Balaban J connectivity index is 2.29. The monoisotopic (exact) mass is 266 g/mol. The maximum atomic E-state index is 5.30. The van der Waals surface area contributed by atoms with Gasteiger partial charge in [-0.2, -0.15) is 4.98 Å². The molecule has 6 heteroatoms. The molecule has 6 nitrogen and oxygen atoms in total. The summed E-state index contributed by atoms with van der Waals surface area (Å²) in [5, 5.41) is 3.33. The molecule has 0 saturated carbocycles. The van der Waals surface area contributed by atoms with E-state index in [1.807, 2.05) is 6.92 Å². The van der Waals surface area contributed by atoms with E-state index < -0.39 is 0 Å². The summed E-state index contributed by atoms with van der Waals surface area (Å²) in [6.45, 7) is 8.44. The molecule has 0 spiro atoms. The Morgan fingerprint density at radius 2 is 2.11 bits per heavy atom. The van der Waals surface area contributed by atoms with Gasteiger partial charge >= 0.3 is 0 Å². The van der Waals surface area contributed by atoms with E-state index in [2.05, 4.69) is 46.5 Å². The maximum Gasteiger partial charge on any atom is 0.239 e. The third-order valence-electron chi connectivity index (χ3n) is 3.21. The van der Waals surface area contributed by atoms with Gasteiger partial charge < -0.3 is 10.2 Å².